The number of imidazole rings is 1. The zero-order valence-corrected chi connectivity index (χ0v) is 18.4. The summed E-state index contributed by atoms with van der Waals surface area (Å²) in [6, 6.07) is 8.48. The van der Waals surface area contributed by atoms with Crippen LogP contribution in [0.25, 0.3) is 0 Å². The van der Waals surface area contributed by atoms with Crippen molar-refractivity contribution < 1.29 is 9.90 Å². The lowest BCUT2D eigenvalue weighted by molar-refractivity contribution is 0.0981. The SMILES string of the molecule is Cn1cc(C2CCc3nc(C(N)=O)c(C[C@H](O)CN4CCc5ccccc5C4)n3C2)cn1. The number of carbonyl (C=O) groups is 1. The molecule has 2 atom stereocenters. The summed E-state index contributed by atoms with van der Waals surface area (Å²) in [5, 5.41) is 15.3. The van der Waals surface area contributed by atoms with Crippen LogP contribution in [-0.2, 0) is 39.4 Å². The molecule has 1 aromatic carbocycles. The minimum absolute atomic E-state index is 0.301. The van der Waals surface area contributed by atoms with Crippen molar-refractivity contribution in [1.82, 2.24) is 24.2 Å². The second-order valence-electron chi connectivity index (χ2n) is 9.09. The third-order valence-corrected chi connectivity index (χ3v) is 6.81. The van der Waals surface area contributed by atoms with E-state index in [1.54, 1.807) is 0 Å². The topological polar surface area (TPSA) is 102 Å². The molecule has 0 bridgehead atoms. The maximum Gasteiger partial charge on any atom is 0.269 e. The fraction of sp³-hybridized carbons (Fsp3) is 0.458. The van der Waals surface area contributed by atoms with Crippen LogP contribution in [0.3, 0.4) is 0 Å². The van der Waals surface area contributed by atoms with Gasteiger partial charge in [0.2, 0.25) is 0 Å². The number of aromatic nitrogens is 4. The van der Waals surface area contributed by atoms with Gasteiger partial charge in [0.15, 0.2) is 0 Å². The Morgan fingerprint density at radius 3 is 2.84 bits per heavy atom. The van der Waals surface area contributed by atoms with Gasteiger partial charge in [-0.25, -0.2) is 4.98 Å². The monoisotopic (exact) mass is 434 g/mol. The van der Waals surface area contributed by atoms with Crippen molar-refractivity contribution in [3.63, 3.8) is 0 Å². The number of β-amino-alcohol motifs (C(OH)–C–C–N with tert-alkyl or cyclic N) is 1. The van der Waals surface area contributed by atoms with Crippen molar-refractivity contribution in [1.29, 1.82) is 0 Å². The number of hydrogen-bond donors (Lipinski definition) is 2. The Morgan fingerprint density at radius 2 is 2.09 bits per heavy atom. The molecule has 3 aromatic rings. The second-order valence-corrected chi connectivity index (χ2v) is 9.09. The molecule has 0 aliphatic carbocycles. The van der Waals surface area contributed by atoms with Crippen molar-refractivity contribution in [3.8, 4) is 0 Å². The molecule has 32 heavy (non-hydrogen) atoms. The lowest BCUT2D eigenvalue weighted by Gasteiger charge is -2.31. The van der Waals surface area contributed by atoms with Crippen molar-refractivity contribution in [2.75, 3.05) is 13.1 Å². The number of hydrogen-bond acceptors (Lipinski definition) is 5. The van der Waals surface area contributed by atoms with E-state index in [2.05, 4.69) is 43.8 Å². The molecule has 0 radical (unpaired) electrons. The highest BCUT2D eigenvalue weighted by molar-refractivity contribution is 5.92. The summed E-state index contributed by atoms with van der Waals surface area (Å²) in [6.45, 7) is 3.04. The Morgan fingerprint density at radius 1 is 1.28 bits per heavy atom. The Kier molecular flexibility index (Phi) is 5.57. The number of benzene rings is 1. The van der Waals surface area contributed by atoms with Gasteiger partial charge in [0.25, 0.3) is 5.91 Å². The number of aryl methyl sites for hydroxylation is 2. The summed E-state index contributed by atoms with van der Waals surface area (Å²) >= 11 is 0. The molecule has 0 fully saturated rings. The summed E-state index contributed by atoms with van der Waals surface area (Å²) in [6.07, 6.45) is 6.44. The maximum atomic E-state index is 12.1. The normalized spacial score (nSPS) is 19.4. The van der Waals surface area contributed by atoms with Gasteiger partial charge in [0.05, 0.1) is 18.0 Å². The average Bonchev–Trinajstić information content (AvgIpc) is 3.37. The largest absolute Gasteiger partial charge is 0.391 e. The van der Waals surface area contributed by atoms with Gasteiger partial charge in [-0.15, -0.1) is 0 Å². The van der Waals surface area contributed by atoms with Crippen LogP contribution in [0.4, 0.5) is 0 Å². The Hall–Kier alpha value is -2.97. The molecule has 2 aromatic heterocycles. The molecule has 4 heterocycles. The zero-order chi connectivity index (χ0) is 22.2. The first-order valence-corrected chi connectivity index (χ1v) is 11.3. The van der Waals surface area contributed by atoms with Gasteiger partial charge in [-0.1, -0.05) is 24.3 Å². The molecule has 5 rings (SSSR count). The van der Waals surface area contributed by atoms with E-state index in [1.807, 2.05) is 24.1 Å². The first-order chi connectivity index (χ1) is 15.5. The Labute approximate surface area is 187 Å². The number of fused-ring (bicyclic) bond motifs is 2. The number of amides is 1. The maximum absolute atomic E-state index is 12.1. The van der Waals surface area contributed by atoms with Crippen LogP contribution >= 0.6 is 0 Å². The minimum atomic E-state index is -0.599. The number of carbonyl (C=O) groups excluding carboxylic acids is 1. The molecule has 2 aliphatic heterocycles. The molecular formula is C24H30N6O2. The zero-order valence-electron chi connectivity index (χ0n) is 18.4. The highest BCUT2D eigenvalue weighted by Crippen LogP contribution is 2.31. The second kappa shape index (κ2) is 8.52. The van der Waals surface area contributed by atoms with Crippen LogP contribution < -0.4 is 5.73 Å². The van der Waals surface area contributed by atoms with Gasteiger partial charge in [-0.05, 0) is 29.5 Å². The highest BCUT2D eigenvalue weighted by atomic mass is 16.3. The summed E-state index contributed by atoms with van der Waals surface area (Å²) in [4.78, 5) is 19.0. The van der Waals surface area contributed by atoms with Crippen LogP contribution in [0.2, 0.25) is 0 Å². The summed E-state index contributed by atoms with van der Waals surface area (Å²) in [7, 11) is 1.92. The third kappa shape index (κ3) is 4.08. The van der Waals surface area contributed by atoms with E-state index in [1.165, 1.54) is 16.7 Å². The molecule has 0 saturated heterocycles. The predicted molar refractivity (Wildman–Crippen MR) is 120 cm³/mol. The van der Waals surface area contributed by atoms with E-state index in [-0.39, 0.29) is 0 Å². The average molecular weight is 435 g/mol. The smallest absolute Gasteiger partial charge is 0.269 e. The van der Waals surface area contributed by atoms with E-state index in [0.29, 0.717) is 24.6 Å². The molecular weight excluding hydrogens is 404 g/mol. The van der Waals surface area contributed by atoms with E-state index >= 15 is 0 Å². The van der Waals surface area contributed by atoms with Crippen molar-refractivity contribution in [2.24, 2.45) is 12.8 Å². The summed E-state index contributed by atoms with van der Waals surface area (Å²) < 4.78 is 3.92. The van der Waals surface area contributed by atoms with Crippen LogP contribution in [0.1, 0.15) is 51.0 Å². The molecule has 1 unspecified atom stereocenters. The highest BCUT2D eigenvalue weighted by Gasteiger charge is 2.29. The molecule has 8 heteroatoms. The van der Waals surface area contributed by atoms with E-state index < -0.39 is 12.0 Å². The van der Waals surface area contributed by atoms with Crippen molar-refractivity contribution in [2.45, 2.75) is 50.8 Å². The minimum Gasteiger partial charge on any atom is -0.391 e. The van der Waals surface area contributed by atoms with Gasteiger partial charge >= 0.3 is 0 Å². The fourth-order valence-corrected chi connectivity index (χ4v) is 5.18. The Balaban J connectivity index is 1.33. The van der Waals surface area contributed by atoms with Gasteiger partial charge in [0, 0.05) is 58.2 Å². The first kappa shape index (κ1) is 20.9. The number of nitrogens with zero attached hydrogens (tertiary/aromatic N) is 5. The van der Waals surface area contributed by atoms with Gasteiger partial charge < -0.3 is 15.4 Å². The van der Waals surface area contributed by atoms with Gasteiger partial charge in [-0.2, -0.15) is 5.10 Å². The number of primary amides is 1. The number of aliphatic hydroxyl groups is 1. The molecule has 0 saturated carbocycles. The van der Waals surface area contributed by atoms with Crippen molar-refractivity contribution >= 4 is 5.91 Å². The predicted octanol–water partition coefficient (Wildman–Crippen LogP) is 1.41. The quantitative estimate of drug-likeness (QED) is 0.611. The molecule has 3 N–H and O–H groups in total. The lowest BCUT2D eigenvalue weighted by Crippen LogP contribution is -2.38. The standard InChI is InChI=1S/C24H30N6O2/c1-28-12-19(11-26-28)18-6-7-22-27-23(24(25)32)21(30(22)14-18)10-20(31)15-29-9-8-16-4-2-3-5-17(16)13-29/h2-5,11-12,18,20,31H,6-10,13-15H2,1H3,(H2,25,32)/t18?,20-/m0/s1. The molecule has 0 spiro atoms. The van der Waals surface area contributed by atoms with E-state index in [4.69, 9.17) is 5.73 Å². The number of rotatable bonds is 6. The van der Waals surface area contributed by atoms with E-state index in [0.717, 1.165) is 50.4 Å². The Bertz CT molecular complexity index is 1130. The first-order valence-electron chi connectivity index (χ1n) is 11.3. The van der Waals surface area contributed by atoms with E-state index in [9.17, 15) is 9.90 Å². The fourth-order valence-electron chi connectivity index (χ4n) is 5.18. The molecule has 2 aliphatic rings. The van der Waals surface area contributed by atoms with Crippen LogP contribution in [0.15, 0.2) is 36.7 Å². The lowest BCUT2D eigenvalue weighted by atomic mass is 9.93. The van der Waals surface area contributed by atoms with Gasteiger partial charge in [-0.3, -0.25) is 14.4 Å². The molecule has 1 amide bonds. The molecule has 168 valence electrons. The molecule has 8 nitrogen and oxygen atoms in total. The van der Waals surface area contributed by atoms with Crippen LogP contribution in [0, 0.1) is 0 Å². The van der Waals surface area contributed by atoms with Crippen LogP contribution in [-0.4, -0.2) is 54.4 Å². The van der Waals surface area contributed by atoms with Gasteiger partial charge in [0.1, 0.15) is 11.5 Å². The summed E-state index contributed by atoms with van der Waals surface area (Å²) in [5.74, 6) is 0.660. The number of aliphatic hydroxyl groups excluding tert-OH is 1. The summed E-state index contributed by atoms with van der Waals surface area (Å²) in [5.41, 5.74) is 10.6. The number of nitrogens with two attached hydrogens (primary N) is 1. The van der Waals surface area contributed by atoms with Crippen molar-refractivity contribution in [3.05, 3.63) is 70.6 Å². The van der Waals surface area contributed by atoms with Crippen LogP contribution in [0.5, 0.6) is 0 Å². The third-order valence-electron chi connectivity index (χ3n) is 6.81.